The van der Waals surface area contributed by atoms with Gasteiger partial charge in [0, 0.05) is 38.0 Å². The lowest BCUT2D eigenvalue weighted by Crippen LogP contribution is -1.99. The van der Waals surface area contributed by atoms with E-state index in [9.17, 15) is 5.26 Å². The molecule has 2 aromatic rings. The molecule has 5 heteroatoms. The maximum Gasteiger partial charge on any atom is 0.0965 e. The van der Waals surface area contributed by atoms with E-state index < -0.39 is 0 Å². The van der Waals surface area contributed by atoms with Gasteiger partial charge in [0.05, 0.1) is 22.5 Å². The molecule has 0 aliphatic heterocycles. The van der Waals surface area contributed by atoms with Crippen LogP contribution in [0, 0.1) is 11.3 Å². The summed E-state index contributed by atoms with van der Waals surface area (Å²) in [7, 11) is 3.64. The highest BCUT2D eigenvalue weighted by molar-refractivity contribution is 6.35. The van der Waals surface area contributed by atoms with E-state index in [0.717, 1.165) is 22.6 Å². The lowest BCUT2D eigenvalue weighted by Gasteiger charge is -2.12. The van der Waals surface area contributed by atoms with Gasteiger partial charge in [0.1, 0.15) is 0 Å². The lowest BCUT2D eigenvalue weighted by atomic mass is 10.0. The number of allylic oxidation sites excluding steroid dienone is 1. The van der Waals surface area contributed by atoms with E-state index in [2.05, 4.69) is 22.0 Å². The first kappa shape index (κ1) is 16.7. The van der Waals surface area contributed by atoms with Crippen LogP contribution in [0.25, 0.3) is 0 Å². The molecule has 0 radical (unpaired) electrons. The van der Waals surface area contributed by atoms with Crippen molar-refractivity contribution < 1.29 is 0 Å². The molecule has 3 N–H and O–H groups in total. The summed E-state index contributed by atoms with van der Waals surface area (Å²) in [5.41, 5.74) is 4.26. The molecule has 0 aromatic heterocycles. The lowest BCUT2D eigenvalue weighted by molar-refractivity contribution is 1.19. The third kappa shape index (κ3) is 4.41. The van der Waals surface area contributed by atoms with Crippen molar-refractivity contribution in [3.05, 3.63) is 64.8 Å². The number of rotatable bonds is 6. The predicted molar refractivity (Wildman–Crippen MR) is 98.0 cm³/mol. The molecule has 0 fully saturated rings. The number of nitrogens with zero attached hydrogens (tertiary/aromatic N) is 1. The quantitative estimate of drug-likeness (QED) is 0.685. The Morgan fingerprint density at radius 2 is 1.74 bits per heavy atom. The predicted octanol–water partition coefficient (Wildman–Crippen LogP) is 4.49. The van der Waals surface area contributed by atoms with E-state index in [1.165, 1.54) is 0 Å². The number of nitriles is 1. The van der Waals surface area contributed by atoms with Crippen LogP contribution >= 0.6 is 11.6 Å². The van der Waals surface area contributed by atoms with Crippen LogP contribution in [-0.4, -0.2) is 14.1 Å². The highest BCUT2D eigenvalue weighted by Gasteiger charge is 2.08. The Balaban J connectivity index is 2.20. The number of para-hydroxylation sites is 1. The van der Waals surface area contributed by atoms with Gasteiger partial charge < -0.3 is 16.0 Å². The van der Waals surface area contributed by atoms with Crippen LogP contribution in [0.15, 0.2) is 54.2 Å². The molecule has 23 heavy (non-hydrogen) atoms. The van der Waals surface area contributed by atoms with Gasteiger partial charge in [-0.15, -0.1) is 0 Å². The first-order valence-corrected chi connectivity index (χ1v) is 7.64. The van der Waals surface area contributed by atoms with Gasteiger partial charge in [0.25, 0.3) is 0 Å². The molecule has 0 amide bonds. The van der Waals surface area contributed by atoms with E-state index in [1.807, 2.05) is 56.6 Å². The first-order valence-electron chi connectivity index (χ1n) is 7.26. The first-order chi connectivity index (χ1) is 11.2. The Labute approximate surface area is 141 Å². The molecule has 0 aliphatic carbocycles. The summed E-state index contributed by atoms with van der Waals surface area (Å²) in [5.74, 6) is 0. The highest BCUT2D eigenvalue weighted by Crippen LogP contribution is 2.32. The van der Waals surface area contributed by atoms with Gasteiger partial charge in [-0.1, -0.05) is 29.8 Å². The van der Waals surface area contributed by atoms with Crippen molar-refractivity contribution in [2.45, 2.75) is 6.42 Å². The van der Waals surface area contributed by atoms with Crippen molar-refractivity contribution in [1.29, 1.82) is 5.26 Å². The summed E-state index contributed by atoms with van der Waals surface area (Å²) < 4.78 is 0. The molecule has 2 rings (SSSR count). The van der Waals surface area contributed by atoms with E-state index in [1.54, 1.807) is 6.20 Å². The molecule has 118 valence electrons. The molecule has 0 bridgehead atoms. The van der Waals surface area contributed by atoms with Crippen molar-refractivity contribution >= 4 is 28.7 Å². The normalized spacial score (nSPS) is 10.8. The van der Waals surface area contributed by atoms with Gasteiger partial charge in [0.15, 0.2) is 0 Å². The Kier molecular flexibility index (Phi) is 5.90. The number of hydrogen-bond donors (Lipinski definition) is 3. The number of benzene rings is 2. The number of halogens is 1. The minimum atomic E-state index is 0.525. The Bertz CT molecular complexity index is 707. The zero-order valence-electron chi connectivity index (χ0n) is 13.2. The summed E-state index contributed by atoms with van der Waals surface area (Å²) in [6.07, 6.45) is 2.26. The second kappa shape index (κ2) is 8.11. The van der Waals surface area contributed by atoms with Crippen LogP contribution in [-0.2, 0) is 6.42 Å². The number of nitrogens with one attached hydrogen (secondary N) is 3. The Morgan fingerprint density at radius 1 is 1.13 bits per heavy atom. The van der Waals surface area contributed by atoms with Gasteiger partial charge in [-0.3, -0.25) is 0 Å². The largest absolute Gasteiger partial charge is 0.387 e. The molecule has 0 saturated carbocycles. The van der Waals surface area contributed by atoms with Gasteiger partial charge in [-0.25, -0.2) is 0 Å². The van der Waals surface area contributed by atoms with Crippen LogP contribution in [0.5, 0.6) is 0 Å². The van der Waals surface area contributed by atoms with Crippen LogP contribution in [0.2, 0.25) is 5.02 Å². The van der Waals surface area contributed by atoms with Gasteiger partial charge in [-0.05, 0) is 29.8 Å². The fourth-order valence-electron chi connectivity index (χ4n) is 2.20. The summed E-state index contributed by atoms with van der Waals surface area (Å²) >= 11 is 6.28. The summed E-state index contributed by atoms with van der Waals surface area (Å²) in [4.78, 5) is 0. The summed E-state index contributed by atoms with van der Waals surface area (Å²) in [6.45, 7) is 0. The zero-order chi connectivity index (χ0) is 16.7. The van der Waals surface area contributed by atoms with Crippen molar-refractivity contribution in [3.8, 4) is 6.07 Å². The van der Waals surface area contributed by atoms with Crippen molar-refractivity contribution in [2.75, 3.05) is 30.0 Å². The fraction of sp³-hybridized carbons (Fsp3) is 0.167. The topological polar surface area (TPSA) is 59.9 Å². The van der Waals surface area contributed by atoms with Gasteiger partial charge >= 0.3 is 0 Å². The van der Waals surface area contributed by atoms with Crippen LogP contribution in [0.3, 0.4) is 0 Å². The molecule has 0 aliphatic rings. The standard InChI is InChI=1S/C18H19ClN4/c1-21-16-9-13(10-17(22-2)18(16)19)8-14(11-20)12-23-15-6-4-3-5-7-15/h3-7,9-10,12,21-23H,8H2,1-2H3. The Morgan fingerprint density at radius 3 is 2.26 bits per heavy atom. The molecule has 0 atom stereocenters. The number of anilines is 3. The van der Waals surface area contributed by atoms with Crippen LogP contribution in [0.4, 0.5) is 17.1 Å². The molecule has 0 spiro atoms. The molecule has 0 heterocycles. The second-order valence-corrected chi connectivity index (χ2v) is 5.35. The average molecular weight is 327 g/mol. The molecule has 4 nitrogen and oxygen atoms in total. The molecular formula is C18H19ClN4. The molecular weight excluding hydrogens is 308 g/mol. The fourth-order valence-corrected chi connectivity index (χ4v) is 2.50. The van der Waals surface area contributed by atoms with Crippen molar-refractivity contribution in [2.24, 2.45) is 0 Å². The third-order valence-electron chi connectivity index (χ3n) is 3.40. The average Bonchev–Trinajstić information content (AvgIpc) is 2.60. The Hall–Kier alpha value is -2.64. The maximum absolute atomic E-state index is 9.36. The van der Waals surface area contributed by atoms with E-state index in [-0.39, 0.29) is 0 Å². The third-order valence-corrected chi connectivity index (χ3v) is 3.80. The monoisotopic (exact) mass is 326 g/mol. The van der Waals surface area contributed by atoms with Crippen molar-refractivity contribution in [1.82, 2.24) is 0 Å². The minimum Gasteiger partial charge on any atom is -0.387 e. The highest BCUT2D eigenvalue weighted by atomic mass is 35.5. The van der Waals surface area contributed by atoms with Gasteiger partial charge in [0.2, 0.25) is 0 Å². The van der Waals surface area contributed by atoms with E-state index in [0.29, 0.717) is 17.0 Å². The van der Waals surface area contributed by atoms with Crippen LogP contribution < -0.4 is 16.0 Å². The molecule has 2 aromatic carbocycles. The zero-order valence-corrected chi connectivity index (χ0v) is 13.9. The van der Waals surface area contributed by atoms with Crippen molar-refractivity contribution in [3.63, 3.8) is 0 Å². The summed E-state index contributed by atoms with van der Waals surface area (Å²) in [5, 5.41) is 19.3. The van der Waals surface area contributed by atoms with E-state index >= 15 is 0 Å². The SMILES string of the molecule is CNc1cc(CC(C#N)=CNc2ccccc2)cc(NC)c1Cl. The van der Waals surface area contributed by atoms with Crippen LogP contribution in [0.1, 0.15) is 5.56 Å². The number of hydrogen-bond acceptors (Lipinski definition) is 4. The second-order valence-electron chi connectivity index (χ2n) is 4.97. The summed E-state index contributed by atoms with van der Waals surface area (Å²) in [6, 6.07) is 15.9. The smallest absolute Gasteiger partial charge is 0.0965 e. The van der Waals surface area contributed by atoms with E-state index in [4.69, 9.17) is 11.6 Å². The minimum absolute atomic E-state index is 0.525. The molecule has 0 unspecified atom stereocenters. The maximum atomic E-state index is 9.36. The van der Waals surface area contributed by atoms with Gasteiger partial charge in [-0.2, -0.15) is 5.26 Å². The molecule has 0 saturated heterocycles.